The maximum Gasteiger partial charge on any atom is 0.338 e. The van der Waals surface area contributed by atoms with Crippen LogP contribution in [0.4, 0.5) is 0 Å². The number of hydrogen-bond donors (Lipinski definition) is 1. The number of aryl methyl sites for hydroxylation is 1. The van der Waals surface area contributed by atoms with Crippen LogP contribution >= 0.6 is 11.6 Å². The van der Waals surface area contributed by atoms with Crippen LogP contribution in [0.25, 0.3) is 0 Å². The summed E-state index contributed by atoms with van der Waals surface area (Å²) in [5.74, 6) is -0.0358. The van der Waals surface area contributed by atoms with E-state index in [1.807, 2.05) is 0 Å². The molecule has 146 valence electrons. The summed E-state index contributed by atoms with van der Waals surface area (Å²) in [7, 11) is -3.69. The Morgan fingerprint density at radius 1 is 1.15 bits per heavy atom. The summed E-state index contributed by atoms with van der Waals surface area (Å²) in [5.41, 5.74) is 0.823. The van der Waals surface area contributed by atoms with Gasteiger partial charge in [-0.2, -0.15) is 0 Å². The molecule has 0 radical (unpaired) electrons. The van der Waals surface area contributed by atoms with E-state index in [4.69, 9.17) is 21.1 Å². The van der Waals surface area contributed by atoms with Crippen molar-refractivity contribution in [3.63, 3.8) is 0 Å². The SMILES string of the molecule is Cc1ccc(S(=O)(=O)NC(C)C)cc1C(=O)OCCOc1cccc(Cl)c1. The highest BCUT2D eigenvalue weighted by Crippen LogP contribution is 2.18. The van der Waals surface area contributed by atoms with E-state index in [1.165, 1.54) is 12.1 Å². The summed E-state index contributed by atoms with van der Waals surface area (Å²) in [6, 6.07) is 11.0. The molecule has 1 N–H and O–H groups in total. The smallest absolute Gasteiger partial charge is 0.338 e. The van der Waals surface area contributed by atoms with Crippen molar-refractivity contribution in [2.45, 2.75) is 31.7 Å². The normalized spacial score (nSPS) is 11.4. The Morgan fingerprint density at radius 3 is 2.56 bits per heavy atom. The number of halogens is 1. The fraction of sp³-hybridized carbons (Fsp3) is 0.316. The van der Waals surface area contributed by atoms with Crippen LogP contribution in [0.2, 0.25) is 5.02 Å². The van der Waals surface area contributed by atoms with Gasteiger partial charge in [-0.1, -0.05) is 23.7 Å². The minimum Gasteiger partial charge on any atom is -0.490 e. The predicted octanol–water partition coefficient (Wildman–Crippen LogP) is 3.57. The van der Waals surface area contributed by atoms with E-state index in [0.717, 1.165) is 0 Å². The molecule has 0 bridgehead atoms. The number of nitrogens with one attached hydrogen (secondary N) is 1. The summed E-state index contributed by atoms with van der Waals surface area (Å²) in [6.45, 7) is 5.33. The summed E-state index contributed by atoms with van der Waals surface area (Å²) in [6.07, 6.45) is 0. The van der Waals surface area contributed by atoms with E-state index in [9.17, 15) is 13.2 Å². The van der Waals surface area contributed by atoms with E-state index in [2.05, 4.69) is 4.72 Å². The molecule has 8 heteroatoms. The van der Waals surface area contributed by atoms with Crippen LogP contribution in [-0.2, 0) is 14.8 Å². The molecule has 27 heavy (non-hydrogen) atoms. The predicted molar refractivity (Wildman–Crippen MR) is 104 cm³/mol. The van der Waals surface area contributed by atoms with Gasteiger partial charge in [-0.05, 0) is 56.7 Å². The summed E-state index contributed by atoms with van der Waals surface area (Å²) >= 11 is 5.87. The monoisotopic (exact) mass is 411 g/mol. The molecule has 2 aromatic rings. The Morgan fingerprint density at radius 2 is 1.89 bits per heavy atom. The van der Waals surface area contributed by atoms with Crippen LogP contribution in [0.1, 0.15) is 29.8 Å². The number of rotatable bonds is 8. The van der Waals surface area contributed by atoms with Gasteiger partial charge in [0.25, 0.3) is 0 Å². The molecule has 0 amide bonds. The van der Waals surface area contributed by atoms with Gasteiger partial charge in [-0.15, -0.1) is 0 Å². The lowest BCUT2D eigenvalue weighted by Gasteiger charge is -2.12. The topological polar surface area (TPSA) is 81.7 Å². The van der Waals surface area contributed by atoms with Crippen molar-refractivity contribution in [3.8, 4) is 5.75 Å². The van der Waals surface area contributed by atoms with Gasteiger partial charge in [-0.3, -0.25) is 0 Å². The van der Waals surface area contributed by atoms with Gasteiger partial charge in [0.2, 0.25) is 10.0 Å². The minimum atomic E-state index is -3.69. The van der Waals surface area contributed by atoms with Crippen molar-refractivity contribution >= 4 is 27.6 Å². The Labute approximate surface area is 164 Å². The standard InChI is InChI=1S/C19H22ClNO5S/c1-13(2)21-27(23,24)17-8-7-14(3)18(12-17)19(22)26-10-9-25-16-6-4-5-15(20)11-16/h4-8,11-13,21H,9-10H2,1-3H3. The fourth-order valence-electron chi connectivity index (χ4n) is 2.29. The van der Waals surface area contributed by atoms with Crippen LogP contribution in [0.3, 0.4) is 0 Å². The molecule has 0 spiro atoms. The number of sulfonamides is 1. The van der Waals surface area contributed by atoms with E-state index < -0.39 is 16.0 Å². The zero-order valence-electron chi connectivity index (χ0n) is 15.4. The van der Waals surface area contributed by atoms with Gasteiger partial charge < -0.3 is 9.47 Å². The maximum absolute atomic E-state index is 12.3. The first-order valence-corrected chi connectivity index (χ1v) is 10.2. The molecule has 0 aromatic heterocycles. The molecule has 0 aliphatic rings. The van der Waals surface area contributed by atoms with Crippen molar-refractivity contribution in [2.24, 2.45) is 0 Å². The quantitative estimate of drug-likeness (QED) is 0.530. The highest BCUT2D eigenvalue weighted by atomic mass is 35.5. The van der Waals surface area contributed by atoms with Gasteiger partial charge in [0.05, 0.1) is 10.5 Å². The van der Waals surface area contributed by atoms with Gasteiger partial charge >= 0.3 is 5.97 Å². The number of carbonyl (C=O) groups excluding carboxylic acids is 1. The largest absolute Gasteiger partial charge is 0.490 e. The second kappa shape index (κ2) is 9.21. The third-order valence-corrected chi connectivity index (χ3v) is 5.40. The van der Waals surface area contributed by atoms with E-state index in [0.29, 0.717) is 16.3 Å². The molecule has 0 atom stereocenters. The number of esters is 1. The third kappa shape index (κ3) is 6.23. The minimum absolute atomic E-state index is 0.0175. The first-order valence-electron chi connectivity index (χ1n) is 8.37. The lowest BCUT2D eigenvalue weighted by atomic mass is 10.1. The van der Waals surface area contributed by atoms with Crippen LogP contribution in [0.5, 0.6) is 5.75 Å². The number of benzene rings is 2. The summed E-state index contributed by atoms with van der Waals surface area (Å²) < 4.78 is 37.7. The number of carbonyl (C=O) groups is 1. The molecule has 2 rings (SSSR count). The van der Waals surface area contributed by atoms with Gasteiger partial charge in [0.1, 0.15) is 19.0 Å². The Bertz CT molecular complexity index is 912. The molecule has 0 unspecified atom stereocenters. The Kier molecular flexibility index (Phi) is 7.24. The highest BCUT2D eigenvalue weighted by molar-refractivity contribution is 7.89. The highest BCUT2D eigenvalue weighted by Gasteiger charge is 2.19. The van der Waals surface area contributed by atoms with Crippen molar-refractivity contribution in [2.75, 3.05) is 13.2 Å². The van der Waals surface area contributed by atoms with Gasteiger partial charge in [0, 0.05) is 11.1 Å². The molecule has 2 aromatic carbocycles. The first kappa shape index (κ1) is 21.2. The Balaban J connectivity index is 2.00. The van der Waals surface area contributed by atoms with Gasteiger partial charge in [-0.25, -0.2) is 17.9 Å². The molecule has 0 saturated heterocycles. The fourth-order valence-corrected chi connectivity index (χ4v) is 3.75. The first-order chi connectivity index (χ1) is 12.7. The number of ether oxygens (including phenoxy) is 2. The second-order valence-corrected chi connectivity index (χ2v) is 8.34. The van der Waals surface area contributed by atoms with Crippen molar-refractivity contribution in [1.29, 1.82) is 0 Å². The van der Waals surface area contributed by atoms with Crippen molar-refractivity contribution < 1.29 is 22.7 Å². The molecular formula is C19H22ClNO5S. The second-order valence-electron chi connectivity index (χ2n) is 6.19. The zero-order valence-corrected chi connectivity index (χ0v) is 16.9. The van der Waals surface area contributed by atoms with Gasteiger partial charge in [0.15, 0.2) is 0 Å². The Hall–Kier alpha value is -2.09. The lowest BCUT2D eigenvalue weighted by molar-refractivity contribution is 0.0449. The number of hydrogen-bond acceptors (Lipinski definition) is 5. The zero-order chi connectivity index (χ0) is 20.0. The lowest BCUT2D eigenvalue weighted by Crippen LogP contribution is -2.30. The van der Waals surface area contributed by atoms with E-state index in [-0.39, 0.29) is 29.7 Å². The van der Waals surface area contributed by atoms with Crippen molar-refractivity contribution in [1.82, 2.24) is 4.72 Å². The summed E-state index contributed by atoms with van der Waals surface area (Å²) in [4.78, 5) is 12.3. The van der Waals surface area contributed by atoms with Crippen LogP contribution in [0.15, 0.2) is 47.4 Å². The van der Waals surface area contributed by atoms with Crippen LogP contribution in [0, 0.1) is 6.92 Å². The molecule has 6 nitrogen and oxygen atoms in total. The third-order valence-electron chi connectivity index (χ3n) is 3.51. The molecular weight excluding hydrogens is 390 g/mol. The van der Waals surface area contributed by atoms with E-state index in [1.54, 1.807) is 51.1 Å². The van der Waals surface area contributed by atoms with Crippen molar-refractivity contribution in [3.05, 3.63) is 58.6 Å². The molecule has 0 heterocycles. The maximum atomic E-state index is 12.3. The summed E-state index contributed by atoms with van der Waals surface area (Å²) in [5, 5.41) is 0.549. The van der Waals surface area contributed by atoms with Crippen LogP contribution < -0.4 is 9.46 Å². The van der Waals surface area contributed by atoms with Crippen LogP contribution in [-0.4, -0.2) is 33.6 Å². The molecule has 0 fully saturated rings. The molecule has 0 saturated carbocycles. The molecule has 0 aliphatic carbocycles. The molecule has 0 aliphatic heterocycles. The average Bonchev–Trinajstić information content (AvgIpc) is 2.57. The van der Waals surface area contributed by atoms with E-state index >= 15 is 0 Å². The average molecular weight is 412 g/mol.